The Morgan fingerprint density at radius 2 is 2.00 bits per heavy atom. The van der Waals surface area contributed by atoms with Gasteiger partial charge < -0.3 is 16.4 Å². The van der Waals surface area contributed by atoms with Crippen molar-refractivity contribution in [1.29, 1.82) is 0 Å². The van der Waals surface area contributed by atoms with Crippen molar-refractivity contribution in [2.24, 2.45) is 11.7 Å². The Kier molecular flexibility index (Phi) is 7.12. The quantitative estimate of drug-likeness (QED) is 0.705. The lowest BCUT2D eigenvalue weighted by molar-refractivity contribution is -0.121. The summed E-state index contributed by atoms with van der Waals surface area (Å²) in [6.07, 6.45) is 3.20. The molecule has 0 bridgehead atoms. The topological polar surface area (TPSA) is 84.2 Å². The van der Waals surface area contributed by atoms with Crippen LogP contribution in [-0.4, -0.2) is 35.4 Å². The van der Waals surface area contributed by atoms with Gasteiger partial charge in [0.05, 0.1) is 11.0 Å². The number of thioether (sulfide) groups is 1. The van der Waals surface area contributed by atoms with E-state index in [0.717, 1.165) is 30.5 Å². The number of carbonyl (C=O) groups excluding carboxylic acids is 2. The summed E-state index contributed by atoms with van der Waals surface area (Å²) in [5.41, 5.74) is 7.67. The van der Waals surface area contributed by atoms with Crippen LogP contribution in [0, 0.1) is 12.8 Å². The van der Waals surface area contributed by atoms with E-state index in [1.54, 1.807) is 0 Å². The smallest absolute Gasteiger partial charge is 0.234 e. The number of amides is 2. The van der Waals surface area contributed by atoms with Crippen LogP contribution in [0.4, 0.5) is 5.69 Å². The van der Waals surface area contributed by atoms with Crippen molar-refractivity contribution >= 4 is 29.3 Å². The SMILES string of the molecule is Cc1ccc(NC(=O)CSC(C)C(=O)NC2CCCC2CN)cc1. The predicted octanol–water partition coefficient (Wildman–Crippen LogP) is 2.30. The molecule has 6 heteroatoms. The Hall–Kier alpha value is -1.53. The molecule has 0 aliphatic heterocycles. The van der Waals surface area contributed by atoms with E-state index in [0.29, 0.717) is 12.5 Å². The molecule has 24 heavy (non-hydrogen) atoms. The van der Waals surface area contributed by atoms with Crippen molar-refractivity contribution in [3.8, 4) is 0 Å². The molecule has 0 aromatic heterocycles. The van der Waals surface area contributed by atoms with Crippen LogP contribution in [0.3, 0.4) is 0 Å². The predicted molar refractivity (Wildman–Crippen MR) is 100 cm³/mol. The van der Waals surface area contributed by atoms with Gasteiger partial charge in [0.25, 0.3) is 0 Å². The van der Waals surface area contributed by atoms with Crippen LogP contribution in [-0.2, 0) is 9.59 Å². The normalized spacial score (nSPS) is 21.3. The Balaban J connectivity index is 1.73. The molecule has 132 valence electrons. The second-order valence-electron chi connectivity index (χ2n) is 6.41. The van der Waals surface area contributed by atoms with E-state index < -0.39 is 0 Å². The number of nitrogens with one attached hydrogen (secondary N) is 2. The van der Waals surface area contributed by atoms with Crippen molar-refractivity contribution in [2.45, 2.75) is 44.4 Å². The van der Waals surface area contributed by atoms with Gasteiger partial charge in [-0.3, -0.25) is 9.59 Å². The number of carbonyl (C=O) groups is 2. The molecular formula is C18H27N3O2S. The van der Waals surface area contributed by atoms with E-state index in [2.05, 4.69) is 10.6 Å². The minimum atomic E-state index is -0.257. The Labute approximate surface area is 148 Å². The van der Waals surface area contributed by atoms with Crippen molar-refractivity contribution in [1.82, 2.24) is 5.32 Å². The molecule has 0 heterocycles. The van der Waals surface area contributed by atoms with E-state index in [9.17, 15) is 9.59 Å². The first-order valence-electron chi connectivity index (χ1n) is 8.48. The summed E-state index contributed by atoms with van der Waals surface area (Å²) in [6, 6.07) is 7.84. The summed E-state index contributed by atoms with van der Waals surface area (Å²) in [6.45, 7) is 4.46. The standard InChI is InChI=1S/C18H27N3O2S/c1-12-6-8-15(9-7-12)20-17(22)11-24-13(2)18(23)21-16-5-3-4-14(16)10-19/h6-9,13-14,16H,3-5,10-11,19H2,1-2H3,(H,20,22)(H,21,23). The summed E-state index contributed by atoms with van der Waals surface area (Å²) in [7, 11) is 0. The van der Waals surface area contributed by atoms with Crippen molar-refractivity contribution in [3.63, 3.8) is 0 Å². The largest absolute Gasteiger partial charge is 0.352 e. The minimum absolute atomic E-state index is 0.00603. The van der Waals surface area contributed by atoms with Gasteiger partial charge in [-0.25, -0.2) is 0 Å². The third kappa shape index (κ3) is 5.53. The van der Waals surface area contributed by atoms with Crippen LogP contribution < -0.4 is 16.4 Å². The zero-order chi connectivity index (χ0) is 17.5. The summed E-state index contributed by atoms with van der Waals surface area (Å²) >= 11 is 1.35. The zero-order valence-electron chi connectivity index (χ0n) is 14.4. The third-order valence-electron chi connectivity index (χ3n) is 4.46. The van der Waals surface area contributed by atoms with Gasteiger partial charge in [-0.1, -0.05) is 24.1 Å². The van der Waals surface area contributed by atoms with Crippen LogP contribution in [0.5, 0.6) is 0 Å². The van der Waals surface area contributed by atoms with Gasteiger partial charge in [-0.05, 0) is 51.3 Å². The van der Waals surface area contributed by atoms with E-state index in [1.807, 2.05) is 38.1 Å². The van der Waals surface area contributed by atoms with Gasteiger partial charge in [0.1, 0.15) is 0 Å². The monoisotopic (exact) mass is 349 g/mol. The lowest BCUT2D eigenvalue weighted by Gasteiger charge is -2.21. The van der Waals surface area contributed by atoms with Crippen LogP contribution in [0.25, 0.3) is 0 Å². The fourth-order valence-electron chi connectivity index (χ4n) is 2.92. The number of rotatable bonds is 7. The molecule has 0 saturated heterocycles. The van der Waals surface area contributed by atoms with Gasteiger partial charge in [-0.15, -0.1) is 11.8 Å². The van der Waals surface area contributed by atoms with Gasteiger partial charge in [-0.2, -0.15) is 0 Å². The average Bonchev–Trinajstić information content (AvgIpc) is 3.01. The van der Waals surface area contributed by atoms with Gasteiger partial charge in [0, 0.05) is 11.7 Å². The molecule has 0 spiro atoms. The molecule has 3 unspecified atom stereocenters. The maximum atomic E-state index is 12.3. The van der Waals surface area contributed by atoms with Gasteiger partial charge >= 0.3 is 0 Å². The molecule has 2 rings (SSSR count). The lowest BCUT2D eigenvalue weighted by Crippen LogP contribution is -2.43. The van der Waals surface area contributed by atoms with E-state index >= 15 is 0 Å². The van der Waals surface area contributed by atoms with E-state index in [4.69, 9.17) is 5.73 Å². The second-order valence-corrected chi connectivity index (χ2v) is 7.74. The van der Waals surface area contributed by atoms with Crippen LogP contribution >= 0.6 is 11.8 Å². The number of hydrogen-bond acceptors (Lipinski definition) is 4. The summed E-state index contributed by atoms with van der Waals surface area (Å²) in [5.74, 6) is 0.543. The van der Waals surface area contributed by atoms with Gasteiger partial charge in [0.2, 0.25) is 11.8 Å². The van der Waals surface area contributed by atoms with Crippen molar-refractivity contribution in [2.75, 3.05) is 17.6 Å². The molecule has 1 saturated carbocycles. The first kappa shape index (κ1) is 18.8. The highest BCUT2D eigenvalue weighted by molar-refractivity contribution is 8.01. The van der Waals surface area contributed by atoms with Crippen molar-refractivity contribution in [3.05, 3.63) is 29.8 Å². The molecule has 1 aromatic carbocycles. The first-order valence-corrected chi connectivity index (χ1v) is 9.53. The highest BCUT2D eigenvalue weighted by Gasteiger charge is 2.28. The number of hydrogen-bond donors (Lipinski definition) is 3. The number of aryl methyl sites for hydroxylation is 1. The minimum Gasteiger partial charge on any atom is -0.352 e. The highest BCUT2D eigenvalue weighted by atomic mass is 32.2. The third-order valence-corrected chi connectivity index (χ3v) is 5.60. The Bertz CT molecular complexity index is 562. The number of anilines is 1. The summed E-state index contributed by atoms with van der Waals surface area (Å²) < 4.78 is 0. The molecule has 1 fully saturated rings. The molecule has 1 aliphatic carbocycles. The highest BCUT2D eigenvalue weighted by Crippen LogP contribution is 2.25. The Morgan fingerprint density at radius 1 is 1.29 bits per heavy atom. The fourth-order valence-corrected chi connectivity index (χ4v) is 3.61. The Morgan fingerprint density at radius 3 is 2.67 bits per heavy atom. The molecule has 0 radical (unpaired) electrons. The van der Waals surface area contributed by atoms with Gasteiger partial charge in [0.15, 0.2) is 0 Å². The van der Waals surface area contributed by atoms with Crippen LogP contribution in [0.2, 0.25) is 0 Å². The maximum absolute atomic E-state index is 12.3. The first-order chi connectivity index (χ1) is 11.5. The molecule has 2 amide bonds. The number of nitrogens with two attached hydrogens (primary N) is 1. The van der Waals surface area contributed by atoms with Crippen LogP contribution in [0.15, 0.2) is 24.3 Å². The van der Waals surface area contributed by atoms with E-state index in [-0.39, 0.29) is 28.9 Å². The second kappa shape index (κ2) is 9.08. The lowest BCUT2D eigenvalue weighted by atomic mass is 10.0. The molecule has 5 nitrogen and oxygen atoms in total. The molecule has 1 aliphatic rings. The number of benzene rings is 1. The zero-order valence-corrected chi connectivity index (χ0v) is 15.2. The average molecular weight is 350 g/mol. The van der Waals surface area contributed by atoms with Crippen LogP contribution in [0.1, 0.15) is 31.7 Å². The molecule has 4 N–H and O–H groups in total. The van der Waals surface area contributed by atoms with Crippen molar-refractivity contribution < 1.29 is 9.59 Å². The molecule has 1 aromatic rings. The fraction of sp³-hybridized carbons (Fsp3) is 0.556. The van der Waals surface area contributed by atoms with E-state index in [1.165, 1.54) is 11.8 Å². The molecular weight excluding hydrogens is 322 g/mol. The molecule has 3 atom stereocenters. The maximum Gasteiger partial charge on any atom is 0.234 e. The summed E-state index contributed by atoms with van der Waals surface area (Å²) in [4.78, 5) is 24.3. The summed E-state index contributed by atoms with van der Waals surface area (Å²) in [5, 5.41) is 5.68.